The van der Waals surface area contributed by atoms with Crippen molar-refractivity contribution in [1.82, 2.24) is 10.9 Å². The van der Waals surface area contributed by atoms with Crippen molar-refractivity contribution in [2.75, 3.05) is 13.7 Å². The van der Waals surface area contributed by atoms with E-state index in [-0.39, 0.29) is 18.6 Å². The van der Waals surface area contributed by atoms with E-state index in [2.05, 4.69) is 10.9 Å². The minimum atomic E-state index is -0.535. The molecule has 0 aliphatic rings. The van der Waals surface area contributed by atoms with E-state index in [1.807, 2.05) is 0 Å². The number of methoxy groups -OCH3 is 1. The number of hydrogen-bond acceptors (Lipinski definition) is 4. The number of halogens is 1. The van der Waals surface area contributed by atoms with Crippen LogP contribution in [0.3, 0.4) is 0 Å². The average Bonchev–Trinajstić information content (AvgIpc) is 2.60. The summed E-state index contributed by atoms with van der Waals surface area (Å²) in [7, 11) is 1.55. The van der Waals surface area contributed by atoms with Crippen LogP contribution in [0.5, 0.6) is 11.5 Å². The molecule has 0 atom stereocenters. The summed E-state index contributed by atoms with van der Waals surface area (Å²) in [6, 6.07) is 12.6. The molecule has 6 nitrogen and oxygen atoms in total. The molecule has 0 aliphatic heterocycles. The number of amides is 2. The molecule has 2 N–H and O–H groups in total. The van der Waals surface area contributed by atoms with Crippen LogP contribution in [0.2, 0.25) is 0 Å². The van der Waals surface area contributed by atoms with E-state index in [0.29, 0.717) is 11.5 Å². The van der Waals surface area contributed by atoms with Gasteiger partial charge in [-0.15, -0.1) is 0 Å². The second kappa shape index (κ2) is 8.52. The van der Waals surface area contributed by atoms with Gasteiger partial charge in [-0.3, -0.25) is 20.4 Å². The SMILES string of the molecule is COc1ccc(OCC(=O)NNC(=O)Cc2ccccc2F)cc1. The van der Waals surface area contributed by atoms with Gasteiger partial charge in [-0.2, -0.15) is 0 Å². The lowest BCUT2D eigenvalue weighted by atomic mass is 10.1. The lowest BCUT2D eigenvalue weighted by molar-refractivity contribution is -0.129. The fourth-order valence-electron chi connectivity index (χ4n) is 1.86. The molecule has 24 heavy (non-hydrogen) atoms. The molecular weight excluding hydrogens is 315 g/mol. The highest BCUT2D eigenvalue weighted by Crippen LogP contribution is 2.16. The van der Waals surface area contributed by atoms with Crippen molar-refractivity contribution >= 4 is 11.8 Å². The molecule has 0 aromatic heterocycles. The van der Waals surface area contributed by atoms with Crippen molar-refractivity contribution in [3.63, 3.8) is 0 Å². The summed E-state index contributed by atoms with van der Waals surface area (Å²) in [6.45, 7) is -0.272. The molecule has 0 saturated heterocycles. The van der Waals surface area contributed by atoms with Gasteiger partial charge in [0, 0.05) is 0 Å². The first-order valence-electron chi connectivity index (χ1n) is 7.16. The van der Waals surface area contributed by atoms with Crippen LogP contribution >= 0.6 is 0 Å². The largest absolute Gasteiger partial charge is 0.497 e. The molecule has 0 fully saturated rings. The number of hydrogen-bond donors (Lipinski definition) is 2. The first-order valence-corrected chi connectivity index (χ1v) is 7.16. The third-order valence-corrected chi connectivity index (χ3v) is 3.08. The smallest absolute Gasteiger partial charge is 0.276 e. The molecule has 0 saturated carbocycles. The Morgan fingerprint density at radius 2 is 1.58 bits per heavy atom. The van der Waals surface area contributed by atoms with Gasteiger partial charge in [0.25, 0.3) is 5.91 Å². The number of carbonyl (C=O) groups excluding carboxylic acids is 2. The highest BCUT2D eigenvalue weighted by Gasteiger charge is 2.09. The van der Waals surface area contributed by atoms with Crippen LogP contribution in [-0.4, -0.2) is 25.5 Å². The van der Waals surface area contributed by atoms with Crippen LogP contribution in [0.4, 0.5) is 4.39 Å². The summed E-state index contributed by atoms with van der Waals surface area (Å²) in [6.07, 6.45) is -0.174. The van der Waals surface area contributed by atoms with Crippen LogP contribution in [0, 0.1) is 5.82 Å². The van der Waals surface area contributed by atoms with Gasteiger partial charge in [-0.1, -0.05) is 18.2 Å². The maximum Gasteiger partial charge on any atom is 0.276 e. The Labute approximate surface area is 138 Å². The quantitative estimate of drug-likeness (QED) is 0.788. The molecule has 126 valence electrons. The van der Waals surface area contributed by atoms with Gasteiger partial charge in [0.1, 0.15) is 17.3 Å². The zero-order chi connectivity index (χ0) is 17.4. The van der Waals surface area contributed by atoms with E-state index in [4.69, 9.17) is 9.47 Å². The summed E-state index contributed by atoms with van der Waals surface area (Å²) in [4.78, 5) is 23.3. The second-order valence-corrected chi connectivity index (χ2v) is 4.83. The number of ether oxygens (including phenoxy) is 2. The monoisotopic (exact) mass is 332 g/mol. The lowest BCUT2D eigenvalue weighted by Crippen LogP contribution is -2.44. The predicted molar refractivity (Wildman–Crippen MR) is 84.9 cm³/mol. The maximum absolute atomic E-state index is 13.4. The highest BCUT2D eigenvalue weighted by molar-refractivity contribution is 5.83. The van der Waals surface area contributed by atoms with Gasteiger partial charge in [0.05, 0.1) is 13.5 Å². The number of nitrogens with one attached hydrogen (secondary N) is 2. The van der Waals surface area contributed by atoms with Crippen LogP contribution in [0.25, 0.3) is 0 Å². The van der Waals surface area contributed by atoms with Crippen LogP contribution in [-0.2, 0) is 16.0 Å². The standard InChI is InChI=1S/C17H17FN2O4/c1-23-13-6-8-14(9-7-13)24-11-17(22)20-19-16(21)10-12-4-2-3-5-15(12)18/h2-9H,10-11H2,1H3,(H,19,21)(H,20,22). The van der Waals surface area contributed by atoms with Crippen molar-refractivity contribution in [2.24, 2.45) is 0 Å². The molecule has 0 radical (unpaired) electrons. The second-order valence-electron chi connectivity index (χ2n) is 4.83. The third kappa shape index (κ3) is 5.28. The Bertz CT molecular complexity index is 704. The average molecular weight is 332 g/mol. The molecule has 0 aliphatic carbocycles. The van der Waals surface area contributed by atoms with Crippen molar-refractivity contribution in [3.8, 4) is 11.5 Å². The molecule has 2 amide bonds. The van der Waals surface area contributed by atoms with Crippen molar-refractivity contribution in [3.05, 3.63) is 59.9 Å². The van der Waals surface area contributed by atoms with Gasteiger partial charge in [-0.25, -0.2) is 4.39 Å². The van der Waals surface area contributed by atoms with Crippen LogP contribution in [0.1, 0.15) is 5.56 Å². The Morgan fingerprint density at radius 1 is 0.958 bits per heavy atom. The minimum absolute atomic E-state index is 0.174. The van der Waals surface area contributed by atoms with E-state index in [1.54, 1.807) is 37.4 Å². The first kappa shape index (κ1) is 17.3. The topological polar surface area (TPSA) is 76.7 Å². The van der Waals surface area contributed by atoms with Gasteiger partial charge >= 0.3 is 0 Å². The third-order valence-electron chi connectivity index (χ3n) is 3.08. The molecule has 2 aromatic rings. The maximum atomic E-state index is 13.4. The predicted octanol–water partition coefficient (Wildman–Crippen LogP) is 1.60. The van der Waals surface area contributed by atoms with E-state index < -0.39 is 17.6 Å². The molecule has 2 aromatic carbocycles. The van der Waals surface area contributed by atoms with Crippen LogP contribution < -0.4 is 20.3 Å². The molecule has 0 unspecified atom stereocenters. The van der Waals surface area contributed by atoms with Gasteiger partial charge in [0.15, 0.2) is 6.61 Å². The Hall–Kier alpha value is -3.09. The molecule has 0 heterocycles. The van der Waals surface area contributed by atoms with E-state index in [0.717, 1.165) is 0 Å². The van der Waals surface area contributed by atoms with E-state index >= 15 is 0 Å². The Balaban J connectivity index is 1.72. The summed E-state index contributed by atoms with van der Waals surface area (Å²) >= 11 is 0. The summed E-state index contributed by atoms with van der Waals surface area (Å²) in [5.41, 5.74) is 4.66. The number of hydrazine groups is 1. The molecular formula is C17H17FN2O4. The Kier molecular flexibility index (Phi) is 6.13. The fraction of sp³-hybridized carbons (Fsp3) is 0.176. The molecule has 7 heteroatoms. The molecule has 0 spiro atoms. The van der Waals surface area contributed by atoms with E-state index in [1.165, 1.54) is 18.2 Å². The van der Waals surface area contributed by atoms with Crippen LogP contribution in [0.15, 0.2) is 48.5 Å². The van der Waals surface area contributed by atoms with Crippen molar-refractivity contribution < 1.29 is 23.5 Å². The number of carbonyl (C=O) groups is 2. The normalized spacial score (nSPS) is 9.92. The number of rotatable bonds is 6. The fourth-order valence-corrected chi connectivity index (χ4v) is 1.86. The molecule has 0 bridgehead atoms. The van der Waals surface area contributed by atoms with E-state index in [9.17, 15) is 14.0 Å². The minimum Gasteiger partial charge on any atom is -0.497 e. The zero-order valence-corrected chi connectivity index (χ0v) is 13.0. The van der Waals surface area contributed by atoms with Crippen molar-refractivity contribution in [1.29, 1.82) is 0 Å². The summed E-state index contributed by atoms with van der Waals surface area (Å²) < 4.78 is 23.7. The number of benzene rings is 2. The van der Waals surface area contributed by atoms with Gasteiger partial charge in [-0.05, 0) is 35.9 Å². The van der Waals surface area contributed by atoms with Gasteiger partial charge < -0.3 is 9.47 Å². The van der Waals surface area contributed by atoms with Gasteiger partial charge in [0.2, 0.25) is 5.91 Å². The zero-order valence-electron chi connectivity index (χ0n) is 13.0. The summed E-state index contributed by atoms with van der Waals surface area (Å²) in [5, 5.41) is 0. The summed E-state index contributed by atoms with van der Waals surface area (Å²) in [5.74, 6) is -0.372. The first-order chi connectivity index (χ1) is 11.6. The lowest BCUT2D eigenvalue weighted by Gasteiger charge is -2.09. The Morgan fingerprint density at radius 3 is 2.25 bits per heavy atom. The van der Waals surface area contributed by atoms with Crippen molar-refractivity contribution in [2.45, 2.75) is 6.42 Å². The molecule has 2 rings (SSSR count). The highest BCUT2D eigenvalue weighted by atomic mass is 19.1.